The van der Waals surface area contributed by atoms with Crippen LogP contribution in [-0.4, -0.2) is 47.6 Å². The first-order valence-corrected chi connectivity index (χ1v) is 6.43. The molecule has 0 atom stereocenters. The highest BCUT2D eigenvalue weighted by Crippen LogP contribution is 2.17. The summed E-state index contributed by atoms with van der Waals surface area (Å²) >= 11 is 0. The van der Waals surface area contributed by atoms with E-state index in [9.17, 15) is 13.2 Å². The van der Waals surface area contributed by atoms with Gasteiger partial charge in [-0.1, -0.05) is 13.8 Å². The predicted octanol–water partition coefficient (Wildman–Crippen LogP) is 0.384. The zero-order chi connectivity index (χ0) is 13.2. The zero-order valence-electron chi connectivity index (χ0n) is 9.84. The topological polar surface area (TPSA) is 103 Å². The minimum absolute atomic E-state index is 0.144. The summed E-state index contributed by atoms with van der Waals surface area (Å²) in [5.74, 6) is -1.18. The van der Waals surface area contributed by atoms with Gasteiger partial charge in [-0.25, -0.2) is 13.2 Å². The van der Waals surface area contributed by atoms with Gasteiger partial charge in [0.05, 0.1) is 6.20 Å². The SMILES string of the molecule is CC(C)CN(C)S(=O)(=O)c1[nH]ncc1C(=O)O. The Balaban J connectivity index is 3.13. The third kappa shape index (κ3) is 2.83. The van der Waals surface area contributed by atoms with Crippen LogP contribution in [0.5, 0.6) is 0 Å². The Labute approximate surface area is 99.5 Å². The van der Waals surface area contributed by atoms with Crippen LogP contribution in [0.25, 0.3) is 0 Å². The van der Waals surface area contributed by atoms with E-state index < -0.39 is 16.0 Å². The number of aromatic carboxylic acids is 1. The molecule has 0 bridgehead atoms. The molecular formula is C9H15N3O4S. The molecule has 0 saturated carbocycles. The number of carbonyl (C=O) groups is 1. The third-order valence-electron chi connectivity index (χ3n) is 2.13. The van der Waals surface area contributed by atoms with E-state index >= 15 is 0 Å². The Morgan fingerprint density at radius 1 is 1.59 bits per heavy atom. The largest absolute Gasteiger partial charge is 0.478 e. The zero-order valence-corrected chi connectivity index (χ0v) is 10.7. The second-order valence-electron chi connectivity index (χ2n) is 4.10. The van der Waals surface area contributed by atoms with E-state index in [1.54, 1.807) is 0 Å². The minimum atomic E-state index is -3.83. The summed E-state index contributed by atoms with van der Waals surface area (Å²) in [6.07, 6.45) is 0.985. The minimum Gasteiger partial charge on any atom is -0.478 e. The molecule has 0 aromatic carbocycles. The molecule has 96 valence electrons. The van der Waals surface area contributed by atoms with Crippen molar-refractivity contribution in [2.45, 2.75) is 18.9 Å². The molecule has 1 heterocycles. The molecule has 1 aromatic rings. The molecule has 1 rings (SSSR count). The van der Waals surface area contributed by atoms with Crippen LogP contribution in [0.4, 0.5) is 0 Å². The van der Waals surface area contributed by atoms with Crippen LogP contribution in [0.2, 0.25) is 0 Å². The number of sulfonamides is 1. The second-order valence-corrected chi connectivity index (χ2v) is 6.08. The molecular weight excluding hydrogens is 246 g/mol. The van der Waals surface area contributed by atoms with Crippen molar-refractivity contribution < 1.29 is 18.3 Å². The number of hydrogen-bond acceptors (Lipinski definition) is 4. The molecule has 17 heavy (non-hydrogen) atoms. The van der Waals surface area contributed by atoms with Crippen LogP contribution in [0.3, 0.4) is 0 Å². The Hall–Kier alpha value is -1.41. The van der Waals surface area contributed by atoms with E-state index in [0.29, 0.717) is 6.54 Å². The summed E-state index contributed by atoms with van der Waals surface area (Å²) in [4.78, 5) is 10.8. The first kappa shape index (κ1) is 13.7. The number of carboxylic acids is 1. The lowest BCUT2D eigenvalue weighted by Gasteiger charge is -2.18. The van der Waals surface area contributed by atoms with Crippen molar-refractivity contribution in [3.8, 4) is 0 Å². The molecule has 0 amide bonds. The van der Waals surface area contributed by atoms with E-state index in [2.05, 4.69) is 10.2 Å². The highest BCUT2D eigenvalue weighted by atomic mass is 32.2. The number of nitrogens with one attached hydrogen (secondary N) is 1. The van der Waals surface area contributed by atoms with Crippen molar-refractivity contribution in [1.82, 2.24) is 14.5 Å². The molecule has 0 aliphatic heterocycles. The first-order valence-electron chi connectivity index (χ1n) is 4.99. The average molecular weight is 261 g/mol. The lowest BCUT2D eigenvalue weighted by molar-refractivity contribution is 0.0692. The smallest absolute Gasteiger partial charge is 0.340 e. The number of nitrogens with zero attached hydrogens (tertiary/aromatic N) is 2. The summed E-state index contributed by atoms with van der Waals surface area (Å²) in [6, 6.07) is 0. The molecule has 0 saturated heterocycles. The van der Waals surface area contributed by atoms with Gasteiger partial charge in [0.2, 0.25) is 0 Å². The van der Waals surface area contributed by atoms with Crippen LogP contribution in [0.15, 0.2) is 11.2 Å². The average Bonchev–Trinajstić information content (AvgIpc) is 2.64. The summed E-state index contributed by atoms with van der Waals surface area (Å²) in [7, 11) is -2.43. The van der Waals surface area contributed by atoms with E-state index in [1.165, 1.54) is 7.05 Å². The number of aromatic nitrogens is 2. The fraction of sp³-hybridized carbons (Fsp3) is 0.556. The highest BCUT2D eigenvalue weighted by Gasteiger charge is 2.28. The molecule has 1 aromatic heterocycles. The molecule has 0 aliphatic carbocycles. The van der Waals surface area contributed by atoms with Gasteiger partial charge in [-0.3, -0.25) is 5.10 Å². The summed E-state index contributed by atoms with van der Waals surface area (Å²) < 4.78 is 25.2. The summed E-state index contributed by atoms with van der Waals surface area (Å²) in [5.41, 5.74) is -0.347. The summed E-state index contributed by atoms with van der Waals surface area (Å²) in [6.45, 7) is 4.05. The number of H-pyrrole nitrogens is 1. The lowest BCUT2D eigenvalue weighted by atomic mass is 10.2. The molecule has 8 heteroatoms. The molecule has 0 unspecified atom stereocenters. The van der Waals surface area contributed by atoms with E-state index in [0.717, 1.165) is 10.5 Å². The van der Waals surface area contributed by atoms with Crippen molar-refractivity contribution in [3.05, 3.63) is 11.8 Å². The first-order chi connectivity index (χ1) is 7.76. The van der Waals surface area contributed by atoms with Crippen molar-refractivity contribution in [2.75, 3.05) is 13.6 Å². The van der Waals surface area contributed by atoms with Gasteiger partial charge in [-0.2, -0.15) is 9.40 Å². The Morgan fingerprint density at radius 3 is 2.65 bits per heavy atom. The van der Waals surface area contributed by atoms with Crippen molar-refractivity contribution in [2.24, 2.45) is 5.92 Å². The van der Waals surface area contributed by atoms with Gasteiger partial charge >= 0.3 is 5.97 Å². The number of aromatic amines is 1. The van der Waals surface area contributed by atoms with Gasteiger partial charge in [0.15, 0.2) is 5.03 Å². The fourth-order valence-electron chi connectivity index (χ4n) is 1.39. The van der Waals surface area contributed by atoms with Gasteiger partial charge in [-0.05, 0) is 5.92 Å². The highest BCUT2D eigenvalue weighted by molar-refractivity contribution is 7.89. The Bertz CT molecular complexity index is 506. The Morgan fingerprint density at radius 2 is 2.18 bits per heavy atom. The molecule has 7 nitrogen and oxygen atoms in total. The fourth-order valence-corrected chi connectivity index (χ4v) is 2.78. The van der Waals surface area contributed by atoms with Crippen LogP contribution < -0.4 is 0 Å². The maximum absolute atomic E-state index is 12.0. The maximum atomic E-state index is 12.0. The van der Waals surface area contributed by atoms with Gasteiger partial charge in [0.1, 0.15) is 5.56 Å². The molecule has 0 fully saturated rings. The van der Waals surface area contributed by atoms with Gasteiger partial charge in [0.25, 0.3) is 10.0 Å². The quantitative estimate of drug-likeness (QED) is 0.797. The molecule has 2 N–H and O–H groups in total. The standard InChI is InChI=1S/C9H15N3O4S/c1-6(2)5-12(3)17(15,16)8-7(9(13)14)4-10-11-8/h4,6H,5H2,1-3H3,(H,10,11)(H,13,14). The maximum Gasteiger partial charge on any atom is 0.340 e. The van der Waals surface area contributed by atoms with Crippen LogP contribution in [0.1, 0.15) is 24.2 Å². The third-order valence-corrected chi connectivity index (χ3v) is 3.92. The monoisotopic (exact) mass is 261 g/mol. The van der Waals surface area contributed by atoms with Crippen molar-refractivity contribution in [3.63, 3.8) is 0 Å². The second kappa shape index (κ2) is 4.84. The lowest BCUT2D eigenvalue weighted by Crippen LogP contribution is -2.31. The van der Waals surface area contributed by atoms with Crippen LogP contribution >= 0.6 is 0 Å². The van der Waals surface area contributed by atoms with E-state index in [1.807, 2.05) is 13.8 Å². The summed E-state index contributed by atoms with van der Waals surface area (Å²) in [5, 5.41) is 14.1. The molecule has 0 radical (unpaired) electrons. The van der Waals surface area contributed by atoms with Gasteiger partial charge in [-0.15, -0.1) is 0 Å². The van der Waals surface area contributed by atoms with Gasteiger partial charge in [0, 0.05) is 13.6 Å². The molecule has 0 aliphatic rings. The van der Waals surface area contributed by atoms with E-state index in [-0.39, 0.29) is 16.5 Å². The number of hydrogen-bond donors (Lipinski definition) is 2. The normalized spacial score (nSPS) is 12.3. The Kier molecular flexibility index (Phi) is 3.89. The van der Waals surface area contributed by atoms with Crippen LogP contribution in [0, 0.1) is 5.92 Å². The molecule has 0 spiro atoms. The number of rotatable bonds is 5. The predicted molar refractivity (Wildman–Crippen MR) is 60.2 cm³/mol. The number of carboxylic acid groups (broad SMARTS) is 1. The van der Waals surface area contributed by atoms with Gasteiger partial charge < -0.3 is 5.11 Å². The van der Waals surface area contributed by atoms with Crippen molar-refractivity contribution >= 4 is 16.0 Å². The van der Waals surface area contributed by atoms with E-state index in [4.69, 9.17) is 5.11 Å². The van der Waals surface area contributed by atoms with Crippen LogP contribution in [-0.2, 0) is 10.0 Å². The van der Waals surface area contributed by atoms with Crippen molar-refractivity contribution in [1.29, 1.82) is 0 Å².